The van der Waals surface area contributed by atoms with Crippen LogP contribution in [0.25, 0.3) is 16.6 Å². The normalized spacial score (nSPS) is 14.2. The predicted molar refractivity (Wildman–Crippen MR) is 132 cm³/mol. The highest BCUT2D eigenvalue weighted by Crippen LogP contribution is 2.19. The van der Waals surface area contributed by atoms with Gasteiger partial charge in [0.2, 0.25) is 5.91 Å². The van der Waals surface area contributed by atoms with E-state index in [1.807, 2.05) is 32.0 Å². The maximum Gasteiger partial charge on any atom is 0.266 e. The minimum atomic E-state index is -0.381. The van der Waals surface area contributed by atoms with E-state index < -0.39 is 0 Å². The lowest BCUT2D eigenvalue weighted by Gasteiger charge is -2.22. The van der Waals surface area contributed by atoms with Crippen molar-refractivity contribution in [2.75, 3.05) is 6.54 Å². The number of hydrogen-bond acceptors (Lipinski definition) is 4. The number of nitrogens with zero attached hydrogens (tertiary/aromatic N) is 1. The summed E-state index contributed by atoms with van der Waals surface area (Å²) in [6, 6.07) is 10.7. The number of fused-ring (bicyclic) bond motifs is 1. The highest BCUT2D eigenvalue weighted by atomic mass is 32.1. The lowest BCUT2D eigenvalue weighted by atomic mass is 9.95. The van der Waals surface area contributed by atoms with Crippen LogP contribution in [0.1, 0.15) is 53.6 Å². The summed E-state index contributed by atoms with van der Waals surface area (Å²) in [7, 11) is 0. The van der Waals surface area contributed by atoms with Crippen molar-refractivity contribution < 1.29 is 9.59 Å². The molecule has 7 nitrogen and oxygen atoms in total. The first-order chi connectivity index (χ1) is 15.8. The molecular formula is C25H28N4O3S. The fourth-order valence-corrected chi connectivity index (χ4v) is 4.64. The van der Waals surface area contributed by atoms with Gasteiger partial charge in [-0.05, 0) is 74.3 Å². The number of carbonyl (C=O) groups is 2. The van der Waals surface area contributed by atoms with Gasteiger partial charge in [-0.15, -0.1) is 0 Å². The molecule has 172 valence electrons. The van der Waals surface area contributed by atoms with Crippen LogP contribution in [-0.4, -0.2) is 34.0 Å². The standard InChI is InChI=1S/C25H28N4O3S/c1-15-7-6-10-21(16(15)2)29-24(32)19-12-11-17(13-20(19)28-25(29)33)23(31)26-14-22(30)27-18-8-4-3-5-9-18/h6-7,10-13,18H,3-5,8-9,14H2,1-2H3,(H,26,31)(H,27,30)(H,28,33). The lowest BCUT2D eigenvalue weighted by Crippen LogP contribution is -2.42. The summed E-state index contributed by atoms with van der Waals surface area (Å²) in [5.41, 5.74) is 3.35. The molecule has 4 rings (SSSR count). The first-order valence-electron chi connectivity index (χ1n) is 11.3. The highest BCUT2D eigenvalue weighted by Gasteiger charge is 2.17. The van der Waals surface area contributed by atoms with Gasteiger partial charge in [0.1, 0.15) is 0 Å². The molecule has 0 saturated heterocycles. The molecule has 0 spiro atoms. The number of nitrogens with one attached hydrogen (secondary N) is 3. The van der Waals surface area contributed by atoms with Gasteiger partial charge in [-0.1, -0.05) is 31.4 Å². The van der Waals surface area contributed by atoms with Crippen molar-refractivity contribution in [3.05, 3.63) is 68.2 Å². The van der Waals surface area contributed by atoms with E-state index in [0.717, 1.165) is 42.5 Å². The summed E-state index contributed by atoms with van der Waals surface area (Å²) in [4.78, 5) is 41.1. The van der Waals surface area contributed by atoms with Crippen LogP contribution in [0.4, 0.5) is 0 Å². The second-order valence-electron chi connectivity index (χ2n) is 8.64. The lowest BCUT2D eigenvalue weighted by molar-refractivity contribution is -0.121. The molecule has 1 heterocycles. The molecule has 1 aliphatic carbocycles. The minimum absolute atomic E-state index is 0.0857. The molecular weight excluding hydrogens is 436 g/mol. The molecule has 0 bridgehead atoms. The molecule has 0 radical (unpaired) electrons. The van der Waals surface area contributed by atoms with Gasteiger partial charge in [0.15, 0.2) is 4.77 Å². The maximum atomic E-state index is 13.2. The summed E-state index contributed by atoms with van der Waals surface area (Å²) in [5.74, 6) is -0.569. The molecule has 0 aliphatic heterocycles. The Balaban J connectivity index is 1.54. The molecule has 1 aliphatic rings. The second kappa shape index (κ2) is 9.70. The van der Waals surface area contributed by atoms with E-state index in [1.54, 1.807) is 18.2 Å². The number of hydrogen-bond donors (Lipinski definition) is 3. The van der Waals surface area contributed by atoms with E-state index in [0.29, 0.717) is 16.5 Å². The van der Waals surface area contributed by atoms with Gasteiger partial charge in [0.25, 0.3) is 11.5 Å². The third-order valence-corrected chi connectivity index (χ3v) is 6.64. The monoisotopic (exact) mass is 464 g/mol. The van der Waals surface area contributed by atoms with Gasteiger partial charge in [-0.25, -0.2) is 0 Å². The largest absolute Gasteiger partial charge is 0.352 e. The Hall–Kier alpha value is -3.26. The Bertz CT molecular complexity index is 1340. The molecule has 1 saturated carbocycles. The van der Waals surface area contributed by atoms with Crippen molar-refractivity contribution in [2.24, 2.45) is 0 Å². The van der Waals surface area contributed by atoms with E-state index in [1.165, 1.54) is 11.0 Å². The molecule has 2 amide bonds. The summed E-state index contributed by atoms with van der Waals surface area (Å²) in [6.07, 6.45) is 5.44. The van der Waals surface area contributed by atoms with Crippen molar-refractivity contribution in [2.45, 2.75) is 52.0 Å². The zero-order valence-corrected chi connectivity index (χ0v) is 19.7. The van der Waals surface area contributed by atoms with E-state index in [9.17, 15) is 14.4 Å². The summed E-state index contributed by atoms with van der Waals surface area (Å²) >= 11 is 5.48. The Morgan fingerprint density at radius 1 is 1.12 bits per heavy atom. The van der Waals surface area contributed by atoms with Crippen molar-refractivity contribution in [3.8, 4) is 5.69 Å². The average molecular weight is 465 g/mol. The molecule has 2 aromatic carbocycles. The molecule has 33 heavy (non-hydrogen) atoms. The zero-order chi connectivity index (χ0) is 23.5. The Morgan fingerprint density at radius 2 is 1.88 bits per heavy atom. The number of benzene rings is 2. The zero-order valence-electron chi connectivity index (χ0n) is 18.9. The Kier molecular flexibility index (Phi) is 6.74. The van der Waals surface area contributed by atoms with Crippen molar-refractivity contribution in [3.63, 3.8) is 0 Å². The summed E-state index contributed by atoms with van der Waals surface area (Å²) in [6.45, 7) is 3.85. The number of rotatable bonds is 5. The molecule has 3 aromatic rings. The first kappa shape index (κ1) is 22.9. The van der Waals surface area contributed by atoms with Crippen molar-refractivity contribution in [1.29, 1.82) is 0 Å². The maximum absolute atomic E-state index is 13.2. The highest BCUT2D eigenvalue weighted by molar-refractivity contribution is 7.71. The number of aromatic nitrogens is 2. The number of carbonyl (C=O) groups excluding carboxylic acids is 2. The molecule has 1 fully saturated rings. The third-order valence-electron chi connectivity index (χ3n) is 6.36. The van der Waals surface area contributed by atoms with E-state index in [4.69, 9.17) is 12.2 Å². The summed E-state index contributed by atoms with van der Waals surface area (Å²) in [5, 5.41) is 6.07. The number of aromatic amines is 1. The smallest absolute Gasteiger partial charge is 0.266 e. The number of H-pyrrole nitrogens is 1. The van der Waals surface area contributed by atoms with Crippen LogP contribution < -0.4 is 16.2 Å². The Labute approximate surface area is 197 Å². The predicted octanol–water partition coefficient (Wildman–Crippen LogP) is 3.84. The average Bonchev–Trinajstić information content (AvgIpc) is 2.80. The Morgan fingerprint density at radius 3 is 2.64 bits per heavy atom. The molecule has 0 atom stereocenters. The van der Waals surface area contributed by atoms with Gasteiger partial charge in [-0.3, -0.25) is 19.0 Å². The summed E-state index contributed by atoms with van der Waals surface area (Å²) < 4.78 is 1.74. The van der Waals surface area contributed by atoms with Gasteiger partial charge in [-0.2, -0.15) is 0 Å². The van der Waals surface area contributed by atoms with Gasteiger partial charge in [0.05, 0.1) is 23.1 Å². The van der Waals surface area contributed by atoms with Gasteiger partial charge < -0.3 is 15.6 Å². The fourth-order valence-electron chi connectivity index (χ4n) is 4.34. The van der Waals surface area contributed by atoms with Crippen LogP contribution in [0, 0.1) is 18.6 Å². The second-order valence-corrected chi connectivity index (χ2v) is 9.02. The number of amides is 2. The fraction of sp³-hybridized carbons (Fsp3) is 0.360. The molecule has 3 N–H and O–H groups in total. The first-order valence-corrected chi connectivity index (χ1v) is 11.7. The van der Waals surface area contributed by atoms with Crippen molar-refractivity contribution in [1.82, 2.24) is 20.2 Å². The SMILES string of the molecule is Cc1cccc(-n2c(=S)[nH]c3cc(C(=O)NCC(=O)NC4CCCCC4)ccc3c2=O)c1C. The van der Waals surface area contributed by atoms with Crippen LogP contribution in [0.2, 0.25) is 0 Å². The van der Waals surface area contributed by atoms with Crippen molar-refractivity contribution >= 4 is 34.9 Å². The van der Waals surface area contributed by atoms with E-state index in [-0.39, 0.29) is 34.7 Å². The van der Waals surface area contributed by atoms with Crippen LogP contribution in [0.3, 0.4) is 0 Å². The molecule has 8 heteroatoms. The third kappa shape index (κ3) is 4.90. The quantitative estimate of drug-likeness (QED) is 0.500. The molecule has 0 unspecified atom stereocenters. The van der Waals surface area contributed by atoms with Crippen LogP contribution in [0.5, 0.6) is 0 Å². The van der Waals surface area contributed by atoms with Gasteiger partial charge >= 0.3 is 0 Å². The number of aryl methyl sites for hydroxylation is 1. The van der Waals surface area contributed by atoms with Crippen LogP contribution in [-0.2, 0) is 4.79 Å². The van der Waals surface area contributed by atoms with E-state index in [2.05, 4.69) is 15.6 Å². The van der Waals surface area contributed by atoms with Gasteiger partial charge in [0, 0.05) is 11.6 Å². The van der Waals surface area contributed by atoms with Crippen LogP contribution >= 0.6 is 12.2 Å². The topological polar surface area (TPSA) is 96.0 Å². The van der Waals surface area contributed by atoms with Crippen LogP contribution in [0.15, 0.2) is 41.2 Å². The van der Waals surface area contributed by atoms with E-state index >= 15 is 0 Å². The molecule has 1 aromatic heterocycles. The minimum Gasteiger partial charge on any atom is -0.352 e.